The summed E-state index contributed by atoms with van der Waals surface area (Å²) in [5, 5.41) is 3.10. The van der Waals surface area contributed by atoms with Crippen molar-refractivity contribution < 1.29 is 14.3 Å². The van der Waals surface area contributed by atoms with Gasteiger partial charge in [0.05, 0.1) is 20.2 Å². The molecule has 0 aliphatic carbocycles. The number of carbonyl (C=O) groups is 1. The first-order valence-electron chi connectivity index (χ1n) is 6.55. The maximum Gasteiger partial charge on any atom is 0.236 e. The van der Waals surface area contributed by atoms with E-state index in [1.54, 1.807) is 7.11 Å². The number of methoxy groups -OCH3 is 1. The van der Waals surface area contributed by atoms with E-state index < -0.39 is 0 Å². The Hall–Kier alpha value is -1.75. The van der Waals surface area contributed by atoms with Gasteiger partial charge in [-0.1, -0.05) is 12.1 Å². The molecule has 1 fully saturated rings. The van der Waals surface area contributed by atoms with Gasteiger partial charge in [-0.25, -0.2) is 0 Å². The number of rotatable bonds is 5. The fourth-order valence-corrected chi connectivity index (χ4v) is 2.07. The highest BCUT2D eigenvalue weighted by atomic mass is 16.5. The molecule has 1 saturated heterocycles. The normalized spacial score (nSPS) is 16.1. The number of nitrogens with zero attached hydrogens (tertiary/aromatic N) is 1. The number of carbonyl (C=O) groups excluding carboxylic acids is 1. The Morgan fingerprint density at radius 1 is 1.32 bits per heavy atom. The number of para-hydroxylation sites is 2. The Kier molecular flexibility index (Phi) is 5.03. The summed E-state index contributed by atoms with van der Waals surface area (Å²) in [6.45, 7) is 3.20. The van der Waals surface area contributed by atoms with Crippen molar-refractivity contribution >= 4 is 5.91 Å². The van der Waals surface area contributed by atoms with Crippen LogP contribution < -0.4 is 14.8 Å². The summed E-state index contributed by atoms with van der Waals surface area (Å²) in [6.07, 6.45) is 0.987. The van der Waals surface area contributed by atoms with E-state index in [-0.39, 0.29) is 5.91 Å². The van der Waals surface area contributed by atoms with E-state index in [0.29, 0.717) is 31.2 Å². The van der Waals surface area contributed by atoms with E-state index in [1.807, 2.05) is 29.2 Å². The van der Waals surface area contributed by atoms with E-state index in [9.17, 15) is 4.79 Å². The fourth-order valence-electron chi connectivity index (χ4n) is 2.07. The summed E-state index contributed by atoms with van der Waals surface area (Å²) in [5.41, 5.74) is 0. The van der Waals surface area contributed by atoms with Gasteiger partial charge in [0.25, 0.3) is 0 Å². The molecule has 5 heteroatoms. The number of hydrogen-bond acceptors (Lipinski definition) is 4. The molecule has 0 radical (unpaired) electrons. The second-order valence-electron chi connectivity index (χ2n) is 4.41. The summed E-state index contributed by atoms with van der Waals surface area (Å²) in [6, 6.07) is 7.52. The molecule has 19 heavy (non-hydrogen) atoms. The van der Waals surface area contributed by atoms with Crippen molar-refractivity contribution in [1.29, 1.82) is 0 Å². The van der Waals surface area contributed by atoms with Crippen LogP contribution in [-0.2, 0) is 4.79 Å². The molecule has 5 nitrogen and oxygen atoms in total. The summed E-state index contributed by atoms with van der Waals surface area (Å²) in [7, 11) is 1.62. The van der Waals surface area contributed by atoms with Crippen LogP contribution in [0.5, 0.6) is 11.5 Å². The third-order valence-corrected chi connectivity index (χ3v) is 3.10. The number of benzene rings is 1. The first-order chi connectivity index (χ1) is 9.31. The zero-order chi connectivity index (χ0) is 13.5. The Bertz CT molecular complexity index is 423. The first kappa shape index (κ1) is 13.7. The highest BCUT2D eigenvalue weighted by Crippen LogP contribution is 2.25. The molecule has 0 bridgehead atoms. The summed E-state index contributed by atoms with van der Waals surface area (Å²) in [5.74, 6) is 1.57. The lowest BCUT2D eigenvalue weighted by Gasteiger charge is -2.20. The van der Waals surface area contributed by atoms with Crippen LogP contribution in [0, 0.1) is 0 Å². The first-order valence-corrected chi connectivity index (χ1v) is 6.55. The van der Waals surface area contributed by atoms with E-state index in [0.717, 1.165) is 19.5 Å². The topological polar surface area (TPSA) is 50.8 Å². The lowest BCUT2D eigenvalue weighted by molar-refractivity contribution is -0.129. The SMILES string of the molecule is COc1ccccc1OCCN1CCCNCC1=O. The predicted molar refractivity (Wildman–Crippen MR) is 72.6 cm³/mol. The minimum Gasteiger partial charge on any atom is -0.493 e. The van der Waals surface area contributed by atoms with Gasteiger partial charge in [0, 0.05) is 6.54 Å². The molecule has 0 spiro atoms. The van der Waals surface area contributed by atoms with Gasteiger partial charge in [-0.05, 0) is 25.1 Å². The van der Waals surface area contributed by atoms with Crippen LogP contribution in [0.3, 0.4) is 0 Å². The van der Waals surface area contributed by atoms with Gasteiger partial charge in [-0.3, -0.25) is 4.79 Å². The van der Waals surface area contributed by atoms with Gasteiger partial charge < -0.3 is 19.7 Å². The molecule has 0 atom stereocenters. The molecular formula is C14H20N2O3. The molecular weight excluding hydrogens is 244 g/mol. The maximum atomic E-state index is 11.8. The lowest BCUT2D eigenvalue weighted by Crippen LogP contribution is -2.37. The Morgan fingerprint density at radius 2 is 2.11 bits per heavy atom. The molecule has 1 amide bonds. The molecule has 1 aromatic carbocycles. The Balaban J connectivity index is 1.83. The highest BCUT2D eigenvalue weighted by molar-refractivity contribution is 5.78. The zero-order valence-corrected chi connectivity index (χ0v) is 11.2. The van der Waals surface area contributed by atoms with E-state index in [1.165, 1.54) is 0 Å². The second-order valence-corrected chi connectivity index (χ2v) is 4.41. The van der Waals surface area contributed by atoms with Crippen molar-refractivity contribution in [3.63, 3.8) is 0 Å². The minimum absolute atomic E-state index is 0.140. The van der Waals surface area contributed by atoms with Gasteiger partial charge in [0.15, 0.2) is 11.5 Å². The van der Waals surface area contributed by atoms with Crippen molar-refractivity contribution in [3.8, 4) is 11.5 Å². The number of amides is 1. The van der Waals surface area contributed by atoms with Crippen LogP contribution >= 0.6 is 0 Å². The van der Waals surface area contributed by atoms with Crippen molar-refractivity contribution in [1.82, 2.24) is 10.2 Å². The van der Waals surface area contributed by atoms with E-state index in [4.69, 9.17) is 9.47 Å². The summed E-state index contributed by atoms with van der Waals surface area (Å²) < 4.78 is 10.9. The van der Waals surface area contributed by atoms with Gasteiger partial charge in [0.2, 0.25) is 5.91 Å². The fraction of sp³-hybridized carbons (Fsp3) is 0.500. The van der Waals surface area contributed by atoms with Crippen LogP contribution in [0.25, 0.3) is 0 Å². The molecule has 1 aromatic rings. The Labute approximate surface area is 113 Å². The van der Waals surface area contributed by atoms with Gasteiger partial charge in [0.1, 0.15) is 6.61 Å². The van der Waals surface area contributed by atoms with E-state index >= 15 is 0 Å². The summed E-state index contributed by atoms with van der Waals surface area (Å²) in [4.78, 5) is 13.6. The number of hydrogen-bond donors (Lipinski definition) is 1. The zero-order valence-electron chi connectivity index (χ0n) is 11.2. The molecule has 1 N–H and O–H groups in total. The molecule has 104 valence electrons. The molecule has 2 rings (SSSR count). The van der Waals surface area contributed by atoms with Crippen LogP contribution in [0.2, 0.25) is 0 Å². The monoisotopic (exact) mass is 264 g/mol. The van der Waals surface area contributed by atoms with Crippen LogP contribution in [0.15, 0.2) is 24.3 Å². The third kappa shape index (κ3) is 3.86. The smallest absolute Gasteiger partial charge is 0.236 e. The largest absolute Gasteiger partial charge is 0.493 e. The van der Waals surface area contributed by atoms with Crippen molar-refractivity contribution in [3.05, 3.63) is 24.3 Å². The van der Waals surface area contributed by atoms with Crippen molar-refractivity contribution in [2.75, 3.05) is 39.9 Å². The second kappa shape index (κ2) is 6.99. The molecule has 0 saturated carbocycles. The van der Waals surface area contributed by atoms with E-state index in [2.05, 4.69) is 5.32 Å². The van der Waals surface area contributed by atoms with Gasteiger partial charge in [-0.15, -0.1) is 0 Å². The predicted octanol–water partition coefficient (Wildman–Crippen LogP) is 0.896. The van der Waals surface area contributed by atoms with Crippen LogP contribution in [0.4, 0.5) is 0 Å². The lowest BCUT2D eigenvalue weighted by atomic mass is 10.3. The molecule has 0 unspecified atom stereocenters. The molecule has 1 aliphatic heterocycles. The maximum absolute atomic E-state index is 11.8. The minimum atomic E-state index is 0.140. The standard InChI is InChI=1S/C14H20N2O3/c1-18-12-5-2-3-6-13(12)19-10-9-16-8-4-7-15-11-14(16)17/h2-3,5-6,15H,4,7-11H2,1H3. The molecule has 0 aromatic heterocycles. The quantitative estimate of drug-likeness (QED) is 0.858. The van der Waals surface area contributed by atoms with Crippen molar-refractivity contribution in [2.24, 2.45) is 0 Å². The number of ether oxygens (including phenoxy) is 2. The summed E-state index contributed by atoms with van der Waals surface area (Å²) >= 11 is 0. The highest BCUT2D eigenvalue weighted by Gasteiger charge is 2.15. The Morgan fingerprint density at radius 3 is 2.89 bits per heavy atom. The van der Waals surface area contributed by atoms with Crippen LogP contribution in [-0.4, -0.2) is 50.7 Å². The van der Waals surface area contributed by atoms with Gasteiger partial charge in [-0.2, -0.15) is 0 Å². The average Bonchev–Trinajstić information content (AvgIpc) is 2.64. The average molecular weight is 264 g/mol. The van der Waals surface area contributed by atoms with Crippen molar-refractivity contribution in [2.45, 2.75) is 6.42 Å². The number of nitrogens with one attached hydrogen (secondary N) is 1. The molecule has 1 aliphatic rings. The van der Waals surface area contributed by atoms with Crippen LogP contribution in [0.1, 0.15) is 6.42 Å². The third-order valence-electron chi connectivity index (χ3n) is 3.10. The molecule has 1 heterocycles. The van der Waals surface area contributed by atoms with Gasteiger partial charge >= 0.3 is 0 Å².